The van der Waals surface area contributed by atoms with Gasteiger partial charge < -0.3 is 30.2 Å². The molecule has 13 nitrogen and oxygen atoms in total. The summed E-state index contributed by atoms with van der Waals surface area (Å²) in [5, 5.41) is 19.8. The molecule has 3 N–H and O–H groups in total. The van der Waals surface area contributed by atoms with Crippen molar-refractivity contribution in [2.75, 3.05) is 18.6 Å². The van der Waals surface area contributed by atoms with Crippen molar-refractivity contribution in [2.24, 2.45) is 5.16 Å². The van der Waals surface area contributed by atoms with E-state index < -0.39 is 29.2 Å². The van der Waals surface area contributed by atoms with E-state index in [2.05, 4.69) is 20.4 Å². The molecule has 15 heteroatoms. The van der Waals surface area contributed by atoms with Gasteiger partial charge in [0.05, 0.1) is 11.7 Å². The number of pyridine rings is 1. The number of nitrogen functional groups attached to an aromatic ring is 1. The number of oxazole rings is 1. The maximum atomic E-state index is 13.2. The number of carbonyl (C=O) groups excluding carboxylic acids is 3. The molecule has 1 fully saturated rings. The molecule has 1 saturated heterocycles. The monoisotopic (exact) mass is 591 g/mol. The summed E-state index contributed by atoms with van der Waals surface area (Å²) in [5.41, 5.74) is 7.79. The van der Waals surface area contributed by atoms with E-state index in [0.29, 0.717) is 22.7 Å². The Morgan fingerprint density at radius 3 is 2.78 bits per heavy atom. The second-order valence-electron chi connectivity index (χ2n) is 9.01. The van der Waals surface area contributed by atoms with Gasteiger partial charge in [0.15, 0.2) is 29.1 Å². The van der Waals surface area contributed by atoms with Crippen LogP contribution in [-0.4, -0.2) is 62.6 Å². The Labute approximate surface area is 240 Å². The number of benzene rings is 1. The highest BCUT2D eigenvalue weighted by Crippen LogP contribution is 2.40. The lowest BCUT2D eigenvalue weighted by molar-refractivity contribution is -0.669. The number of nitrogens with one attached hydrogen (secondary N) is 1. The zero-order chi connectivity index (χ0) is 28.7. The predicted octanol–water partition coefficient (Wildman–Crippen LogP) is 0.276. The fourth-order valence-electron chi connectivity index (χ4n) is 4.67. The summed E-state index contributed by atoms with van der Waals surface area (Å²) in [6, 6.07) is 12.0. The molecule has 0 aliphatic carbocycles. The van der Waals surface area contributed by atoms with Crippen molar-refractivity contribution in [1.82, 2.24) is 20.2 Å². The molecule has 5 heterocycles. The molecule has 0 bridgehead atoms. The number of β-lactam (4-membered cyclic amide) rings is 1. The number of hydrogen-bond donors (Lipinski definition) is 2. The molecule has 0 saturated carbocycles. The molecule has 2 amide bonds. The van der Waals surface area contributed by atoms with Gasteiger partial charge in [0.25, 0.3) is 11.8 Å². The summed E-state index contributed by atoms with van der Waals surface area (Å²) >= 11 is 2.44. The number of aliphatic carboxylic acids is 1. The minimum atomic E-state index is -1.49. The van der Waals surface area contributed by atoms with Crippen molar-refractivity contribution in [3.63, 3.8) is 0 Å². The molecule has 2 aliphatic heterocycles. The molecule has 208 valence electrons. The largest absolute Gasteiger partial charge is 0.543 e. The number of carboxylic acids is 1. The number of thiazole rings is 1. The number of fused-ring (bicyclic) bond motifs is 2. The van der Waals surface area contributed by atoms with Gasteiger partial charge in [-0.25, -0.2) is 9.97 Å². The first-order chi connectivity index (χ1) is 19.9. The number of amides is 2. The fourth-order valence-corrected chi connectivity index (χ4v) is 6.56. The van der Waals surface area contributed by atoms with Crippen molar-refractivity contribution in [3.8, 4) is 11.5 Å². The normalized spacial score (nSPS) is 18.7. The van der Waals surface area contributed by atoms with Gasteiger partial charge in [-0.1, -0.05) is 23.4 Å². The third-order valence-corrected chi connectivity index (χ3v) is 8.50. The summed E-state index contributed by atoms with van der Waals surface area (Å²) < 4.78 is 7.78. The molecule has 0 spiro atoms. The minimum Gasteiger partial charge on any atom is -0.543 e. The lowest BCUT2D eigenvalue weighted by Gasteiger charge is -2.50. The summed E-state index contributed by atoms with van der Waals surface area (Å²) in [5.74, 6) is -2.08. The molecule has 2 aliphatic rings. The van der Waals surface area contributed by atoms with Crippen LogP contribution >= 0.6 is 23.1 Å². The molecule has 41 heavy (non-hydrogen) atoms. The van der Waals surface area contributed by atoms with Gasteiger partial charge in [-0.2, -0.15) is 4.57 Å². The Hall–Kier alpha value is -4.76. The lowest BCUT2D eigenvalue weighted by Crippen LogP contribution is -2.71. The SMILES string of the molecule is CON=C(C(=O)NC1C(=O)N2C(C(=O)[O-])=C(C[n+]3cccc4nc(-c5ccccc5)oc43)CS[C@@H]12)c1csc(N)n1. The quantitative estimate of drug-likeness (QED) is 0.125. The second-order valence-corrected chi connectivity index (χ2v) is 11.0. The molecule has 3 aromatic heterocycles. The van der Waals surface area contributed by atoms with E-state index in [0.717, 1.165) is 21.8 Å². The van der Waals surface area contributed by atoms with Crippen LogP contribution in [0.25, 0.3) is 22.7 Å². The number of carboxylic acid groups (broad SMARTS) is 1. The number of nitrogens with two attached hydrogens (primary N) is 1. The van der Waals surface area contributed by atoms with Crippen molar-refractivity contribution in [3.05, 3.63) is 71.0 Å². The van der Waals surface area contributed by atoms with Crippen LogP contribution in [0.2, 0.25) is 0 Å². The van der Waals surface area contributed by atoms with Crippen molar-refractivity contribution in [1.29, 1.82) is 0 Å². The van der Waals surface area contributed by atoms with Gasteiger partial charge in [0, 0.05) is 28.3 Å². The van der Waals surface area contributed by atoms with Crippen LogP contribution in [0.1, 0.15) is 5.69 Å². The van der Waals surface area contributed by atoms with E-state index in [9.17, 15) is 19.5 Å². The van der Waals surface area contributed by atoms with Crippen LogP contribution in [-0.2, 0) is 25.8 Å². The maximum Gasteiger partial charge on any atom is 0.401 e. The molecular weight excluding hydrogens is 570 g/mol. The van der Waals surface area contributed by atoms with E-state index in [1.165, 1.54) is 24.3 Å². The lowest BCUT2D eigenvalue weighted by atomic mass is 10.0. The molecule has 2 atom stereocenters. The van der Waals surface area contributed by atoms with Crippen LogP contribution in [0.15, 0.2) is 74.9 Å². The highest BCUT2D eigenvalue weighted by Gasteiger charge is 2.53. The Kier molecular flexibility index (Phi) is 6.88. The van der Waals surface area contributed by atoms with Gasteiger partial charge in [0.2, 0.25) is 5.89 Å². The summed E-state index contributed by atoms with van der Waals surface area (Å²) in [6.07, 6.45) is 1.75. The standard InChI is InChI=1S/C26H21N7O6S2/c1-38-31-17(16-12-41-26(27)29-16)20(34)30-18-22(35)33-19(25(36)37)14(11-40-24(18)33)10-32-9-5-8-15-23(32)39-21(28-15)13-6-3-2-4-7-13/h2-9,12,18,24H,10-11H2,1H3,(H3-,27,29,30,34,36,37)/t18?,24-/m0/s1. The number of rotatable bonds is 8. The van der Waals surface area contributed by atoms with Crippen LogP contribution in [0.5, 0.6) is 0 Å². The average Bonchev–Trinajstić information content (AvgIpc) is 3.61. The second kappa shape index (κ2) is 10.7. The highest BCUT2D eigenvalue weighted by molar-refractivity contribution is 8.00. The van der Waals surface area contributed by atoms with Gasteiger partial charge in [-0.15, -0.1) is 23.1 Å². The summed E-state index contributed by atoms with van der Waals surface area (Å²) in [7, 11) is 1.27. The Balaban J connectivity index is 1.25. The minimum absolute atomic E-state index is 0.125. The van der Waals surface area contributed by atoms with Crippen molar-refractivity contribution in [2.45, 2.75) is 18.0 Å². The number of hydrogen-bond acceptors (Lipinski definition) is 12. The van der Waals surface area contributed by atoms with Crippen LogP contribution < -0.4 is 20.7 Å². The molecule has 0 radical (unpaired) electrons. The number of anilines is 1. The third-order valence-electron chi connectivity index (χ3n) is 6.49. The number of nitrogens with zero attached hydrogens (tertiary/aromatic N) is 5. The molecule has 1 aromatic carbocycles. The molecule has 1 unspecified atom stereocenters. The topological polar surface area (TPSA) is 180 Å². The summed E-state index contributed by atoms with van der Waals surface area (Å²) in [6.45, 7) is 0.125. The van der Waals surface area contributed by atoms with E-state index in [1.54, 1.807) is 22.9 Å². The van der Waals surface area contributed by atoms with E-state index in [4.69, 9.17) is 15.0 Å². The number of thioether (sulfide) groups is 1. The third kappa shape index (κ3) is 4.78. The maximum absolute atomic E-state index is 13.2. The molecule has 4 aromatic rings. The van der Waals surface area contributed by atoms with Gasteiger partial charge in [-0.3, -0.25) is 14.5 Å². The first-order valence-corrected chi connectivity index (χ1v) is 14.1. The van der Waals surface area contributed by atoms with Crippen LogP contribution in [0.4, 0.5) is 5.13 Å². The van der Waals surface area contributed by atoms with Crippen molar-refractivity contribution >= 4 is 63.0 Å². The van der Waals surface area contributed by atoms with Crippen LogP contribution in [0, 0.1) is 0 Å². The Bertz CT molecular complexity index is 1750. The fraction of sp³-hybridized carbons (Fsp3) is 0.192. The smallest absolute Gasteiger partial charge is 0.401 e. The number of aromatic nitrogens is 3. The molecule has 6 rings (SSSR count). The Morgan fingerprint density at radius 1 is 1.27 bits per heavy atom. The first kappa shape index (κ1) is 26.5. The van der Waals surface area contributed by atoms with Gasteiger partial charge in [0.1, 0.15) is 24.2 Å². The van der Waals surface area contributed by atoms with Crippen LogP contribution in [0.3, 0.4) is 0 Å². The van der Waals surface area contributed by atoms with E-state index >= 15 is 0 Å². The number of carbonyl (C=O) groups is 3. The van der Waals surface area contributed by atoms with Gasteiger partial charge in [-0.05, 0) is 18.2 Å². The first-order valence-electron chi connectivity index (χ1n) is 12.2. The summed E-state index contributed by atoms with van der Waals surface area (Å²) in [4.78, 5) is 53.0. The average molecular weight is 592 g/mol. The predicted molar refractivity (Wildman–Crippen MR) is 147 cm³/mol. The highest BCUT2D eigenvalue weighted by atomic mass is 32.2. The zero-order valence-corrected chi connectivity index (χ0v) is 23.0. The number of oxime groups is 1. The Morgan fingerprint density at radius 2 is 2.07 bits per heavy atom. The van der Waals surface area contributed by atoms with Crippen molar-refractivity contribution < 1.29 is 33.3 Å². The van der Waals surface area contributed by atoms with E-state index in [1.807, 2.05) is 30.3 Å². The molecular formula is C26H21N7O6S2. The zero-order valence-electron chi connectivity index (χ0n) is 21.3. The van der Waals surface area contributed by atoms with E-state index in [-0.39, 0.29) is 34.5 Å². The van der Waals surface area contributed by atoms with Gasteiger partial charge >= 0.3 is 5.71 Å².